The Labute approximate surface area is 164 Å². The van der Waals surface area contributed by atoms with Crippen molar-refractivity contribution < 1.29 is 51.6 Å². The second-order valence-corrected chi connectivity index (χ2v) is 11.9. The van der Waals surface area contributed by atoms with E-state index in [9.17, 15) is 47.9 Å². The van der Waals surface area contributed by atoms with Crippen LogP contribution in [-0.2, 0) is 19.5 Å². The number of alkyl halides is 9. The molecule has 164 valence electrons. The summed E-state index contributed by atoms with van der Waals surface area (Å²) >= 11 is 3.09. The predicted molar refractivity (Wildman–Crippen MR) is 88.2 cm³/mol. The Hall–Kier alpha value is -0.670. The molecule has 0 heterocycles. The zero-order valence-corrected chi connectivity index (χ0v) is 17.1. The van der Waals surface area contributed by atoms with Gasteiger partial charge in [-0.2, -0.15) is 47.9 Å². The van der Waals surface area contributed by atoms with Gasteiger partial charge < -0.3 is 0 Å². The van der Waals surface area contributed by atoms with Gasteiger partial charge in [0.2, 0.25) is 0 Å². The van der Waals surface area contributed by atoms with Crippen molar-refractivity contribution in [2.75, 3.05) is 12.5 Å². The molecule has 1 aromatic rings. The summed E-state index contributed by atoms with van der Waals surface area (Å²) in [7, 11) is -10.1. The minimum absolute atomic E-state index is 0.314. The third-order valence-corrected chi connectivity index (χ3v) is 7.76. The molecule has 0 saturated carbocycles. The first-order valence-electron chi connectivity index (χ1n) is 6.79. The Kier molecular flexibility index (Phi) is 6.83. The number of hydrogen-bond acceptors (Lipinski definition) is 3. The highest BCUT2D eigenvalue weighted by Crippen LogP contribution is 2.57. The van der Waals surface area contributed by atoms with Gasteiger partial charge in [-0.15, -0.1) is 10.3 Å². The van der Waals surface area contributed by atoms with Crippen LogP contribution in [0.2, 0.25) is 0 Å². The Morgan fingerprint density at radius 1 is 0.857 bits per heavy atom. The molecule has 0 aliphatic carbocycles. The average molecular weight is 531 g/mol. The summed E-state index contributed by atoms with van der Waals surface area (Å²) in [4.78, 5) is 0. The maximum Gasteiger partial charge on any atom is 0.460 e. The summed E-state index contributed by atoms with van der Waals surface area (Å²) < 4.78 is 144. The van der Waals surface area contributed by atoms with E-state index in [0.29, 0.717) is 10.0 Å². The van der Waals surface area contributed by atoms with Crippen molar-refractivity contribution >= 4 is 36.4 Å². The van der Waals surface area contributed by atoms with E-state index >= 15 is 0 Å². The normalized spacial score (nSPS) is 15.6. The molecule has 28 heavy (non-hydrogen) atoms. The van der Waals surface area contributed by atoms with E-state index < -0.39 is 49.5 Å². The number of halogens is 10. The lowest BCUT2D eigenvalue weighted by Crippen LogP contribution is -2.63. The van der Waals surface area contributed by atoms with Gasteiger partial charge in [0.1, 0.15) is 0 Å². The second-order valence-electron chi connectivity index (χ2n) is 5.89. The second kappa shape index (κ2) is 7.54. The van der Waals surface area contributed by atoms with Gasteiger partial charge in [0.25, 0.3) is 0 Å². The number of rotatable bonds is 7. The van der Waals surface area contributed by atoms with Crippen LogP contribution in [0, 0.1) is 0 Å². The third kappa shape index (κ3) is 4.73. The van der Waals surface area contributed by atoms with Crippen LogP contribution in [0.5, 0.6) is 0 Å². The van der Waals surface area contributed by atoms with Crippen molar-refractivity contribution in [2.45, 2.75) is 29.0 Å². The number of benzene rings is 1. The molecule has 0 atom stereocenters. The fourth-order valence-corrected chi connectivity index (χ4v) is 5.98. The van der Waals surface area contributed by atoms with Crippen molar-refractivity contribution in [3.63, 3.8) is 0 Å². The molecule has 3 nitrogen and oxygen atoms in total. The third-order valence-electron chi connectivity index (χ3n) is 3.13. The lowest BCUT2D eigenvalue weighted by molar-refractivity contribution is -0.382. The van der Waals surface area contributed by atoms with Gasteiger partial charge in [0.05, 0.1) is 0 Å². The minimum Gasteiger partial charge on any atom is -0.215 e. The van der Waals surface area contributed by atoms with Crippen LogP contribution in [0.15, 0.2) is 28.7 Å². The largest absolute Gasteiger partial charge is 0.460 e. The highest BCUT2D eigenvalue weighted by molar-refractivity contribution is 9.10. The van der Waals surface area contributed by atoms with E-state index in [1.807, 2.05) is 0 Å². The maximum absolute atomic E-state index is 13.7. The molecule has 0 unspecified atom stereocenters. The molecule has 0 fully saturated rings. The van der Waals surface area contributed by atoms with Crippen LogP contribution in [0.3, 0.4) is 0 Å². The van der Waals surface area contributed by atoms with Gasteiger partial charge in [0.15, 0.2) is 0 Å². The molecule has 15 heteroatoms. The van der Waals surface area contributed by atoms with Gasteiger partial charge in [-0.3, -0.25) is 0 Å². The summed E-state index contributed by atoms with van der Waals surface area (Å²) in [6.07, 6.45) is -5.26. The van der Waals surface area contributed by atoms with Crippen LogP contribution < -0.4 is 0 Å². The molecule has 0 aromatic heterocycles. The van der Waals surface area contributed by atoms with Crippen molar-refractivity contribution in [1.29, 1.82) is 0 Å². The Morgan fingerprint density at radius 3 is 1.68 bits per heavy atom. The molecule has 0 bridgehead atoms. The van der Waals surface area contributed by atoms with Crippen molar-refractivity contribution in [3.05, 3.63) is 34.3 Å². The molecular weight excluding hydrogens is 519 g/mol. The molecule has 0 spiro atoms. The zero-order chi connectivity index (χ0) is 22.4. The first-order valence-corrected chi connectivity index (χ1v) is 11.5. The van der Waals surface area contributed by atoms with Gasteiger partial charge in [0, 0.05) is 10.2 Å². The van der Waals surface area contributed by atoms with E-state index in [4.69, 9.17) is 0 Å². The van der Waals surface area contributed by atoms with Gasteiger partial charge in [-0.05, 0) is 30.2 Å². The van der Waals surface area contributed by atoms with Crippen LogP contribution in [0.4, 0.5) is 39.5 Å². The smallest absolute Gasteiger partial charge is 0.215 e. The van der Waals surface area contributed by atoms with E-state index in [1.54, 1.807) is 0 Å². The topological polar surface area (TPSA) is 43.4 Å². The monoisotopic (exact) mass is 530 g/mol. The summed E-state index contributed by atoms with van der Waals surface area (Å²) in [5.41, 5.74) is 0.314. The average Bonchev–Trinajstić information content (AvgIpc) is 2.46. The van der Waals surface area contributed by atoms with E-state index in [1.165, 1.54) is 24.3 Å². The first kappa shape index (κ1) is 25.4. The van der Waals surface area contributed by atoms with Crippen LogP contribution in [0.25, 0.3) is 0 Å². The molecule has 1 aromatic carbocycles. The van der Waals surface area contributed by atoms with Gasteiger partial charge in [-0.1, -0.05) is 28.1 Å². The minimum atomic E-state index is -7.33. The fourth-order valence-electron chi connectivity index (χ4n) is 1.81. The molecule has 1 rings (SSSR count). The molecule has 0 radical (unpaired) electrons. The van der Waals surface area contributed by atoms with Crippen LogP contribution >= 0.6 is 26.2 Å². The molecule has 0 amide bonds. The molecule has 0 N–H and O–H groups in total. The summed E-state index contributed by atoms with van der Waals surface area (Å²) in [5, 5.41) is -6.86. The molecule has 0 saturated heterocycles. The van der Waals surface area contributed by atoms with Gasteiger partial charge >= 0.3 is 33.4 Å². The van der Waals surface area contributed by atoms with Crippen molar-refractivity contribution in [3.8, 4) is 0 Å². The zero-order valence-electron chi connectivity index (χ0n) is 13.8. The maximum atomic E-state index is 13.7. The summed E-state index contributed by atoms with van der Waals surface area (Å²) in [6.45, 7) is 0. The Morgan fingerprint density at radius 2 is 1.29 bits per heavy atom. The standard InChI is InChI=1S/C13H12BrF9O3S2/c1-27(2,7-8-3-5-9(14)6-4-8)26-28(24,25)13(22,23)11(17,18)10(15,16)12(19,20)21/h3-6H,7H2,1-2H3. The van der Waals surface area contributed by atoms with Gasteiger partial charge in [-0.25, -0.2) is 3.63 Å². The van der Waals surface area contributed by atoms with E-state index in [0.717, 1.165) is 12.5 Å². The van der Waals surface area contributed by atoms with E-state index in [-0.39, 0.29) is 0 Å². The first-order chi connectivity index (χ1) is 12.2. The Balaban J connectivity index is 3.23. The van der Waals surface area contributed by atoms with E-state index in [2.05, 4.69) is 19.6 Å². The van der Waals surface area contributed by atoms with Crippen molar-refractivity contribution in [1.82, 2.24) is 0 Å². The summed E-state index contributed by atoms with van der Waals surface area (Å²) in [6, 6.07) is 5.76. The van der Waals surface area contributed by atoms with Crippen LogP contribution in [-0.4, -0.2) is 44.2 Å². The molecular formula is C13H12BrF9O3S2. The van der Waals surface area contributed by atoms with Crippen molar-refractivity contribution in [2.24, 2.45) is 0 Å². The fraction of sp³-hybridized carbons (Fsp3) is 0.538. The molecule has 0 aliphatic rings. The Bertz CT molecular complexity index is 806. The predicted octanol–water partition coefficient (Wildman–Crippen LogP) is 5.70. The molecule has 0 aliphatic heterocycles. The lowest BCUT2D eigenvalue weighted by Gasteiger charge is -2.36. The highest BCUT2D eigenvalue weighted by Gasteiger charge is 2.86. The quantitative estimate of drug-likeness (QED) is 0.425. The summed E-state index contributed by atoms with van der Waals surface area (Å²) in [5.74, 6) is -15.0. The SMILES string of the molecule is CS(C)(Cc1ccc(Br)cc1)OS(=O)(=O)C(F)(F)C(F)(F)C(F)(F)C(F)(F)F. The number of hydrogen-bond donors (Lipinski definition) is 0. The highest BCUT2D eigenvalue weighted by atomic mass is 79.9. The lowest BCUT2D eigenvalue weighted by atomic mass is 10.1. The van der Waals surface area contributed by atoms with Crippen LogP contribution in [0.1, 0.15) is 5.56 Å².